The molecule has 0 aliphatic rings. The SMILES string of the molecule is Cc1ccc(NS(=O)(=O)c2ccc(C(=O)Nc3ccccc3NC(=O)NC(C)C)cc2)cc1. The highest BCUT2D eigenvalue weighted by molar-refractivity contribution is 7.92. The van der Waals surface area contributed by atoms with Gasteiger partial charge in [0.05, 0.1) is 16.3 Å². The van der Waals surface area contributed by atoms with Crippen molar-refractivity contribution in [3.63, 3.8) is 0 Å². The largest absolute Gasteiger partial charge is 0.336 e. The number of para-hydroxylation sites is 2. The van der Waals surface area contributed by atoms with E-state index >= 15 is 0 Å². The van der Waals surface area contributed by atoms with Gasteiger partial charge in [-0.15, -0.1) is 0 Å². The van der Waals surface area contributed by atoms with Crippen molar-refractivity contribution in [2.24, 2.45) is 0 Å². The highest BCUT2D eigenvalue weighted by Crippen LogP contribution is 2.22. The summed E-state index contributed by atoms with van der Waals surface area (Å²) < 4.78 is 27.8. The number of carbonyl (C=O) groups excluding carboxylic acids is 2. The Morgan fingerprint density at radius 3 is 1.94 bits per heavy atom. The van der Waals surface area contributed by atoms with Crippen LogP contribution in [0.4, 0.5) is 21.9 Å². The molecule has 0 spiro atoms. The molecule has 8 nitrogen and oxygen atoms in total. The second-order valence-corrected chi connectivity index (χ2v) is 9.43. The molecule has 3 aromatic carbocycles. The Morgan fingerprint density at radius 2 is 1.36 bits per heavy atom. The van der Waals surface area contributed by atoms with Gasteiger partial charge in [0.25, 0.3) is 15.9 Å². The molecule has 0 aliphatic heterocycles. The van der Waals surface area contributed by atoms with Crippen LogP contribution < -0.4 is 20.7 Å². The zero-order valence-electron chi connectivity index (χ0n) is 18.5. The summed E-state index contributed by atoms with van der Waals surface area (Å²) in [5, 5.41) is 8.16. The molecule has 9 heteroatoms. The molecule has 0 fully saturated rings. The molecular weight excluding hydrogens is 440 g/mol. The first-order valence-electron chi connectivity index (χ1n) is 10.3. The number of urea groups is 1. The van der Waals surface area contributed by atoms with Crippen LogP contribution in [0.5, 0.6) is 0 Å². The first kappa shape index (κ1) is 23.8. The molecule has 0 bridgehead atoms. The molecule has 0 saturated heterocycles. The lowest BCUT2D eigenvalue weighted by Gasteiger charge is -2.14. The molecule has 0 unspecified atom stereocenters. The van der Waals surface area contributed by atoms with E-state index in [1.54, 1.807) is 36.4 Å². The number of anilines is 3. The predicted octanol–water partition coefficient (Wildman–Crippen LogP) is 4.58. The van der Waals surface area contributed by atoms with Gasteiger partial charge in [-0.05, 0) is 69.3 Å². The van der Waals surface area contributed by atoms with Gasteiger partial charge in [-0.3, -0.25) is 9.52 Å². The van der Waals surface area contributed by atoms with Crippen LogP contribution in [0.3, 0.4) is 0 Å². The normalized spacial score (nSPS) is 11.0. The summed E-state index contributed by atoms with van der Waals surface area (Å²) in [5.74, 6) is -0.441. The molecule has 0 atom stereocenters. The molecule has 3 amide bonds. The average Bonchev–Trinajstić information content (AvgIpc) is 2.76. The van der Waals surface area contributed by atoms with Gasteiger partial charge in [0.2, 0.25) is 0 Å². The Hall–Kier alpha value is -3.85. The van der Waals surface area contributed by atoms with E-state index in [2.05, 4.69) is 20.7 Å². The predicted molar refractivity (Wildman–Crippen MR) is 130 cm³/mol. The minimum absolute atomic E-state index is 0.0343. The Balaban J connectivity index is 1.71. The lowest BCUT2D eigenvalue weighted by atomic mass is 10.2. The third kappa shape index (κ3) is 6.56. The minimum Gasteiger partial charge on any atom is -0.336 e. The second kappa shape index (κ2) is 10.2. The van der Waals surface area contributed by atoms with Crippen LogP contribution in [-0.4, -0.2) is 26.4 Å². The van der Waals surface area contributed by atoms with E-state index in [9.17, 15) is 18.0 Å². The summed E-state index contributed by atoms with van der Waals surface area (Å²) in [6.45, 7) is 5.60. The fourth-order valence-corrected chi connectivity index (χ4v) is 4.00. The standard InChI is InChI=1S/C24H26N4O4S/c1-16(2)25-24(30)27-22-7-5-4-6-21(22)26-23(29)18-10-14-20(15-11-18)33(31,32)28-19-12-8-17(3)9-13-19/h4-16,28H,1-3H3,(H,26,29)(H2,25,27,30). The van der Waals surface area contributed by atoms with Crippen molar-refractivity contribution in [2.45, 2.75) is 31.7 Å². The number of nitrogens with one attached hydrogen (secondary N) is 4. The third-order valence-electron chi connectivity index (χ3n) is 4.57. The minimum atomic E-state index is -3.79. The smallest absolute Gasteiger partial charge is 0.319 e. The van der Waals surface area contributed by atoms with Gasteiger partial charge in [-0.2, -0.15) is 0 Å². The maximum absolute atomic E-state index is 12.7. The molecule has 0 aliphatic carbocycles. The van der Waals surface area contributed by atoms with Crippen molar-refractivity contribution in [3.05, 3.63) is 83.9 Å². The van der Waals surface area contributed by atoms with E-state index in [4.69, 9.17) is 0 Å². The zero-order chi connectivity index (χ0) is 24.0. The maximum Gasteiger partial charge on any atom is 0.319 e. The lowest BCUT2D eigenvalue weighted by Crippen LogP contribution is -2.34. The molecule has 33 heavy (non-hydrogen) atoms. The molecule has 4 N–H and O–H groups in total. The molecule has 0 radical (unpaired) electrons. The number of aryl methyl sites for hydroxylation is 1. The van der Waals surface area contributed by atoms with Crippen LogP contribution in [0, 0.1) is 6.92 Å². The summed E-state index contributed by atoms with van der Waals surface area (Å²) in [6, 6.07) is 18.9. The van der Waals surface area contributed by atoms with E-state index in [0.29, 0.717) is 17.1 Å². The number of amides is 3. The van der Waals surface area contributed by atoms with E-state index < -0.39 is 15.9 Å². The molecule has 3 rings (SSSR count). The molecule has 0 saturated carbocycles. The average molecular weight is 467 g/mol. The number of hydrogen-bond donors (Lipinski definition) is 4. The van der Waals surface area contributed by atoms with E-state index in [1.165, 1.54) is 24.3 Å². The topological polar surface area (TPSA) is 116 Å². The van der Waals surface area contributed by atoms with Gasteiger partial charge >= 0.3 is 6.03 Å². The van der Waals surface area contributed by atoms with E-state index in [0.717, 1.165) is 5.56 Å². The first-order chi connectivity index (χ1) is 15.6. The summed E-state index contributed by atoms with van der Waals surface area (Å²) >= 11 is 0. The fraction of sp³-hybridized carbons (Fsp3) is 0.167. The van der Waals surface area contributed by atoms with Crippen LogP contribution in [0.1, 0.15) is 29.8 Å². The number of hydrogen-bond acceptors (Lipinski definition) is 4. The second-order valence-electron chi connectivity index (χ2n) is 7.75. The Morgan fingerprint density at radius 1 is 0.788 bits per heavy atom. The van der Waals surface area contributed by atoms with Crippen LogP contribution in [0.25, 0.3) is 0 Å². The van der Waals surface area contributed by atoms with Gasteiger partial charge in [-0.25, -0.2) is 13.2 Å². The Bertz CT molecular complexity index is 1240. The molecule has 0 aromatic heterocycles. The van der Waals surface area contributed by atoms with Crippen molar-refractivity contribution in [1.82, 2.24) is 5.32 Å². The molecule has 0 heterocycles. The Kier molecular flexibility index (Phi) is 7.34. The van der Waals surface area contributed by atoms with Gasteiger partial charge in [0.1, 0.15) is 0 Å². The number of benzene rings is 3. The summed E-state index contributed by atoms with van der Waals surface area (Å²) in [6.07, 6.45) is 0. The van der Waals surface area contributed by atoms with Crippen molar-refractivity contribution >= 4 is 39.0 Å². The zero-order valence-corrected chi connectivity index (χ0v) is 19.4. The first-order valence-corrected chi connectivity index (χ1v) is 11.8. The highest BCUT2D eigenvalue weighted by Gasteiger charge is 2.16. The summed E-state index contributed by atoms with van der Waals surface area (Å²) in [4.78, 5) is 24.8. The van der Waals surface area contributed by atoms with Gasteiger partial charge in [0.15, 0.2) is 0 Å². The van der Waals surface area contributed by atoms with Crippen molar-refractivity contribution in [2.75, 3.05) is 15.4 Å². The highest BCUT2D eigenvalue weighted by atomic mass is 32.2. The number of carbonyl (C=O) groups is 2. The van der Waals surface area contributed by atoms with Gasteiger partial charge in [-0.1, -0.05) is 29.8 Å². The van der Waals surface area contributed by atoms with Crippen molar-refractivity contribution < 1.29 is 18.0 Å². The third-order valence-corrected chi connectivity index (χ3v) is 5.97. The number of sulfonamides is 1. The monoisotopic (exact) mass is 466 g/mol. The molecular formula is C24H26N4O4S. The van der Waals surface area contributed by atoms with E-state index in [-0.39, 0.29) is 22.5 Å². The molecule has 3 aromatic rings. The quantitative estimate of drug-likeness (QED) is 0.408. The fourth-order valence-electron chi connectivity index (χ4n) is 2.94. The van der Waals surface area contributed by atoms with Gasteiger partial charge < -0.3 is 16.0 Å². The molecule has 172 valence electrons. The van der Waals surface area contributed by atoms with Crippen LogP contribution >= 0.6 is 0 Å². The van der Waals surface area contributed by atoms with E-state index in [1.807, 2.05) is 32.9 Å². The summed E-state index contributed by atoms with van der Waals surface area (Å²) in [7, 11) is -3.79. The van der Waals surface area contributed by atoms with Gasteiger partial charge in [0, 0.05) is 17.3 Å². The van der Waals surface area contributed by atoms with Crippen LogP contribution in [0.2, 0.25) is 0 Å². The van der Waals surface area contributed by atoms with Crippen molar-refractivity contribution in [1.29, 1.82) is 0 Å². The maximum atomic E-state index is 12.7. The summed E-state index contributed by atoms with van der Waals surface area (Å²) in [5.41, 5.74) is 2.59. The van der Waals surface area contributed by atoms with Crippen LogP contribution in [0.15, 0.2) is 77.7 Å². The number of rotatable bonds is 7. The Labute approximate surface area is 193 Å². The van der Waals surface area contributed by atoms with Crippen molar-refractivity contribution in [3.8, 4) is 0 Å². The van der Waals surface area contributed by atoms with Crippen LogP contribution in [-0.2, 0) is 10.0 Å². The lowest BCUT2D eigenvalue weighted by molar-refractivity contribution is 0.102.